The first-order valence-electron chi connectivity index (χ1n) is 9.95. The molecular weight excluding hydrogens is 360 g/mol. The van der Waals surface area contributed by atoms with Gasteiger partial charge in [-0.1, -0.05) is 6.08 Å². The summed E-state index contributed by atoms with van der Waals surface area (Å²) in [6.45, 7) is 20.4. The van der Waals surface area contributed by atoms with Crippen molar-refractivity contribution in [3.05, 3.63) is 12.7 Å². The van der Waals surface area contributed by atoms with E-state index in [0.29, 0.717) is 12.5 Å². The molecule has 0 bridgehead atoms. The fourth-order valence-corrected chi connectivity index (χ4v) is 4.28. The number of nitrogens with one attached hydrogen (secondary N) is 1. The Kier molecular flexibility index (Phi) is 8.27. The van der Waals surface area contributed by atoms with Gasteiger partial charge in [-0.15, -0.1) is 11.3 Å². The first-order valence-corrected chi connectivity index (χ1v) is 11.1. The zero-order chi connectivity index (χ0) is 21.0. The van der Waals surface area contributed by atoms with Gasteiger partial charge in [0.2, 0.25) is 0 Å². The second-order valence-electron chi connectivity index (χ2n) is 10.3. The first kappa shape index (κ1) is 24.3. The van der Waals surface area contributed by atoms with Crippen molar-refractivity contribution in [3.63, 3.8) is 0 Å². The van der Waals surface area contributed by atoms with Gasteiger partial charge < -0.3 is 14.2 Å². The molecule has 0 aromatic heterocycles. The van der Waals surface area contributed by atoms with E-state index in [0.717, 1.165) is 25.7 Å². The third-order valence-electron chi connectivity index (χ3n) is 4.78. The summed E-state index contributed by atoms with van der Waals surface area (Å²) in [6, 6.07) is 0.140. The summed E-state index contributed by atoms with van der Waals surface area (Å²) < 4.78 is 21.0. The van der Waals surface area contributed by atoms with Crippen molar-refractivity contribution < 1.29 is 14.1 Å². The second-order valence-corrected chi connectivity index (χ2v) is 12.3. The van der Waals surface area contributed by atoms with E-state index >= 15 is 0 Å². The van der Waals surface area contributed by atoms with Crippen molar-refractivity contribution in [2.24, 2.45) is 5.92 Å². The van der Waals surface area contributed by atoms with Crippen LogP contribution in [0.25, 0.3) is 0 Å². The van der Waals surface area contributed by atoms with Gasteiger partial charge in [0.05, 0.1) is 6.04 Å². The highest BCUT2D eigenvalue weighted by Crippen LogP contribution is 2.36. The van der Waals surface area contributed by atoms with Crippen molar-refractivity contribution in [2.45, 2.75) is 103 Å². The van der Waals surface area contributed by atoms with E-state index < -0.39 is 17.0 Å². The number of nitrogens with zero attached hydrogens (tertiary/aromatic N) is 1. The quantitative estimate of drug-likeness (QED) is 0.492. The summed E-state index contributed by atoms with van der Waals surface area (Å²) in [4.78, 5) is 14.4. The Balaban J connectivity index is 2.65. The Bertz CT molecular complexity index is 509. The fraction of sp³-hybridized carbons (Fsp3) is 0.857. The predicted octanol–water partition coefficient (Wildman–Crippen LogP) is 4.80. The molecule has 1 aliphatic heterocycles. The number of amides is 1. The van der Waals surface area contributed by atoms with E-state index in [1.54, 1.807) is 0 Å². The van der Waals surface area contributed by atoms with E-state index in [1.807, 2.05) is 52.5 Å². The maximum atomic E-state index is 12.6. The monoisotopic (exact) mass is 400 g/mol. The second kappa shape index (κ2) is 9.19. The number of hydrogen-bond donors (Lipinski definition) is 1. The minimum absolute atomic E-state index is 0.140. The lowest BCUT2D eigenvalue weighted by molar-refractivity contribution is 0.0131. The van der Waals surface area contributed by atoms with Gasteiger partial charge in [0.25, 0.3) is 0 Å². The molecule has 0 aliphatic carbocycles. The van der Waals surface area contributed by atoms with Crippen molar-refractivity contribution in [1.82, 2.24) is 9.62 Å². The number of likely N-dealkylation sites (tertiary alicyclic amines) is 1. The van der Waals surface area contributed by atoms with Crippen LogP contribution in [0.3, 0.4) is 0 Å². The summed E-state index contributed by atoms with van der Waals surface area (Å²) in [5.41, 5.74) is -0.691. The van der Waals surface area contributed by atoms with Crippen LogP contribution < -0.4 is 4.72 Å². The van der Waals surface area contributed by atoms with Gasteiger partial charge in [-0.2, -0.15) is 0 Å². The highest BCUT2D eigenvalue weighted by atomic mass is 32.2. The van der Waals surface area contributed by atoms with Crippen LogP contribution in [0.4, 0.5) is 4.79 Å². The zero-order valence-corrected chi connectivity index (χ0v) is 19.4. The first-order chi connectivity index (χ1) is 12.2. The van der Waals surface area contributed by atoms with Crippen molar-refractivity contribution in [3.8, 4) is 0 Å². The van der Waals surface area contributed by atoms with Crippen LogP contribution in [0.5, 0.6) is 0 Å². The average molecular weight is 401 g/mol. The predicted molar refractivity (Wildman–Crippen MR) is 114 cm³/mol. The average Bonchev–Trinajstić information content (AvgIpc) is 2.77. The lowest BCUT2D eigenvalue weighted by Gasteiger charge is -2.33. The molecule has 3 atom stereocenters. The molecule has 5 nitrogen and oxygen atoms in total. The molecule has 0 saturated carbocycles. The molecule has 0 aromatic rings. The lowest BCUT2D eigenvalue weighted by Crippen LogP contribution is -2.45. The highest BCUT2D eigenvalue weighted by molar-refractivity contribution is 7.90. The van der Waals surface area contributed by atoms with Gasteiger partial charge in [-0.25, -0.2) is 4.79 Å². The SMILES string of the molecule is C=CCC(CC[C@@H]1CN(C(=O)OC(C)(C)C)C(C)(C)C1)N[S+]([O-])C(C)(C)C. The number of ether oxygens (including phenoxy) is 1. The Labute approximate surface area is 169 Å². The van der Waals surface area contributed by atoms with Crippen LogP contribution in [0, 0.1) is 5.92 Å². The normalized spacial score (nSPS) is 22.4. The number of rotatable bonds is 7. The molecule has 1 amide bonds. The Morgan fingerprint density at radius 3 is 2.44 bits per heavy atom. The van der Waals surface area contributed by atoms with Gasteiger partial charge in [0, 0.05) is 23.4 Å². The molecule has 27 heavy (non-hydrogen) atoms. The van der Waals surface area contributed by atoms with Gasteiger partial charge in [-0.05, 0) is 87.0 Å². The van der Waals surface area contributed by atoms with E-state index in [2.05, 4.69) is 25.1 Å². The maximum absolute atomic E-state index is 12.6. The molecule has 2 unspecified atom stereocenters. The molecule has 1 heterocycles. The molecule has 6 heteroatoms. The standard InChI is InChI=1S/C21H40N2O3S/c1-10-11-17(22-27(25)20(5,6)7)13-12-16-14-21(8,9)23(15-16)18(24)26-19(2,3)4/h10,16-17,22H,1,11-15H2,2-9H3/t16-,17?,27?/m0/s1. The molecule has 1 N–H and O–H groups in total. The van der Waals surface area contributed by atoms with E-state index in [1.165, 1.54) is 0 Å². The minimum atomic E-state index is -1.10. The molecule has 1 aliphatic rings. The van der Waals surface area contributed by atoms with Crippen molar-refractivity contribution in [1.29, 1.82) is 0 Å². The smallest absolute Gasteiger partial charge is 0.410 e. The van der Waals surface area contributed by atoms with Crippen molar-refractivity contribution in [2.75, 3.05) is 6.54 Å². The van der Waals surface area contributed by atoms with E-state index in [4.69, 9.17) is 4.74 Å². The summed E-state index contributed by atoms with van der Waals surface area (Å²) in [5, 5.41) is 0. The molecule has 1 fully saturated rings. The molecule has 0 aromatic carbocycles. The fourth-order valence-electron chi connectivity index (χ4n) is 3.41. The Hall–Kier alpha value is -0.720. The Morgan fingerprint density at radius 2 is 1.96 bits per heavy atom. The molecular formula is C21H40N2O3S. The summed E-state index contributed by atoms with van der Waals surface area (Å²) in [6.07, 6.45) is 5.28. The van der Waals surface area contributed by atoms with Crippen LogP contribution in [0.2, 0.25) is 0 Å². The van der Waals surface area contributed by atoms with Crippen LogP contribution >= 0.6 is 0 Å². The molecule has 1 saturated heterocycles. The zero-order valence-electron chi connectivity index (χ0n) is 18.6. The van der Waals surface area contributed by atoms with Gasteiger partial charge in [0.1, 0.15) is 10.3 Å². The summed E-state index contributed by atoms with van der Waals surface area (Å²) in [5.74, 6) is 0.421. The van der Waals surface area contributed by atoms with Crippen LogP contribution in [-0.4, -0.2) is 44.0 Å². The van der Waals surface area contributed by atoms with Gasteiger partial charge in [-0.3, -0.25) is 0 Å². The van der Waals surface area contributed by atoms with Gasteiger partial charge in [0.15, 0.2) is 0 Å². The highest BCUT2D eigenvalue weighted by Gasteiger charge is 2.43. The molecule has 0 spiro atoms. The lowest BCUT2D eigenvalue weighted by atomic mass is 9.92. The minimum Gasteiger partial charge on any atom is -0.598 e. The third-order valence-corrected chi connectivity index (χ3v) is 6.44. The summed E-state index contributed by atoms with van der Waals surface area (Å²) in [7, 11) is 0. The topological polar surface area (TPSA) is 64.6 Å². The third kappa shape index (κ3) is 8.04. The largest absolute Gasteiger partial charge is 0.598 e. The molecule has 1 rings (SSSR count). The number of hydrogen-bond acceptors (Lipinski definition) is 4. The molecule has 0 radical (unpaired) electrons. The van der Waals surface area contributed by atoms with E-state index in [-0.39, 0.29) is 22.4 Å². The number of carbonyl (C=O) groups excluding carboxylic acids is 1. The Morgan fingerprint density at radius 1 is 1.37 bits per heavy atom. The number of carbonyl (C=O) groups is 1. The maximum Gasteiger partial charge on any atom is 0.410 e. The van der Waals surface area contributed by atoms with Crippen LogP contribution in [0.15, 0.2) is 12.7 Å². The van der Waals surface area contributed by atoms with Crippen molar-refractivity contribution >= 4 is 17.5 Å². The van der Waals surface area contributed by atoms with Crippen LogP contribution in [0.1, 0.15) is 81.1 Å². The molecule has 158 valence electrons. The summed E-state index contributed by atoms with van der Waals surface area (Å²) >= 11 is -1.10. The van der Waals surface area contributed by atoms with Crippen LogP contribution in [-0.2, 0) is 16.1 Å². The van der Waals surface area contributed by atoms with E-state index in [9.17, 15) is 9.35 Å². The van der Waals surface area contributed by atoms with Gasteiger partial charge >= 0.3 is 6.09 Å².